The van der Waals surface area contributed by atoms with E-state index in [1.165, 1.54) is 12.1 Å². The molecule has 5 atom stereocenters. The molecular weight excluding hydrogens is 413 g/mol. The average molecular weight is 438 g/mol. The summed E-state index contributed by atoms with van der Waals surface area (Å²) in [7, 11) is 0. The van der Waals surface area contributed by atoms with Gasteiger partial charge in [0.25, 0.3) is 0 Å². The van der Waals surface area contributed by atoms with Crippen molar-refractivity contribution < 1.29 is 38.3 Å². The van der Waals surface area contributed by atoms with Crippen LogP contribution in [0, 0.1) is 0 Å². The van der Waals surface area contributed by atoms with Crippen LogP contribution in [0.4, 0.5) is 13.2 Å². The molecule has 2 aromatic carbocycles. The standard InChI is InChI=1S/C23H25F3O5/c24-23(25,26)16-6-1-12(2-7-16)9-15-10-14(5-8-17(15)13-3-4-13)22-21(30)20(29)19(28)18(11-27)31-22/h1-2,5-8,10,13,18-22,27-30H,3-4,9,11H2/t18?,19-,20+,21-,22+/m1/s1. The van der Waals surface area contributed by atoms with Crippen LogP contribution in [0.15, 0.2) is 42.5 Å². The lowest BCUT2D eigenvalue weighted by Crippen LogP contribution is -2.55. The predicted octanol–water partition coefficient (Wildman–Crippen LogP) is 2.69. The van der Waals surface area contributed by atoms with Gasteiger partial charge in [0, 0.05) is 0 Å². The number of alkyl halides is 3. The first-order valence-electron chi connectivity index (χ1n) is 10.3. The van der Waals surface area contributed by atoms with Gasteiger partial charge in [-0.05, 0) is 59.6 Å². The summed E-state index contributed by atoms with van der Waals surface area (Å²) in [6.45, 7) is -0.514. The molecule has 168 valence electrons. The summed E-state index contributed by atoms with van der Waals surface area (Å²) in [5.41, 5.74) is 2.61. The number of benzene rings is 2. The van der Waals surface area contributed by atoms with E-state index >= 15 is 0 Å². The van der Waals surface area contributed by atoms with Gasteiger partial charge in [-0.2, -0.15) is 13.2 Å². The van der Waals surface area contributed by atoms with E-state index in [0.29, 0.717) is 17.9 Å². The summed E-state index contributed by atoms with van der Waals surface area (Å²) in [5, 5.41) is 40.0. The molecule has 1 saturated carbocycles. The number of halogens is 3. The second-order valence-corrected chi connectivity index (χ2v) is 8.35. The van der Waals surface area contributed by atoms with Gasteiger partial charge in [-0.3, -0.25) is 0 Å². The van der Waals surface area contributed by atoms with E-state index < -0.39 is 48.9 Å². The van der Waals surface area contributed by atoms with E-state index in [2.05, 4.69) is 0 Å². The monoisotopic (exact) mass is 438 g/mol. The molecule has 0 spiro atoms. The molecule has 8 heteroatoms. The highest BCUT2D eigenvalue weighted by molar-refractivity contribution is 5.41. The molecule has 1 aliphatic carbocycles. The molecule has 1 heterocycles. The molecule has 5 nitrogen and oxygen atoms in total. The third-order valence-electron chi connectivity index (χ3n) is 6.08. The fourth-order valence-electron chi connectivity index (χ4n) is 4.16. The Labute approximate surface area is 177 Å². The number of rotatable bonds is 5. The SMILES string of the molecule is OCC1O[C@@H](c2ccc(C3CC3)c(Cc3ccc(C(F)(F)F)cc3)c2)[C@H](O)[C@@H](O)[C@@H]1O. The Balaban J connectivity index is 1.63. The van der Waals surface area contributed by atoms with Crippen molar-refractivity contribution in [3.63, 3.8) is 0 Å². The molecule has 0 bridgehead atoms. The molecule has 1 unspecified atom stereocenters. The second-order valence-electron chi connectivity index (χ2n) is 8.35. The van der Waals surface area contributed by atoms with Crippen molar-refractivity contribution in [2.24, 2.45) is 0 Å². The minimum absolute atomic E-state index is 0.397. The normalized spacial score (nSPS) is 29.2. The van der Waals surface area contributed by atoms with Crippen LogP contribution >= 0.6 is 0 Å². The van der Waals surface area contributed by atoms with Crippen molar-refractivity contribution in [2.45, 2.75) is 61.9 Å². The molecule has 2 aromatic rings. The molecule has 4 rings (SSSR count). The van der Waals surface area contributed by atoms with E-state index in [0.717, 1.165) is 41.7 Å². The number of aliphatic hydroxyl groups is 4. The fourth-order valence-corrected chi connectivity index (χ4v) is 4.16. The second kappa shape index (κ2) is 8.52. The van der Waals surface area contributed by atoms with E-state index in [4.69, 9.17) is 4.74 Å². The lowest BCUT2D eigenvalue weighted by molar-refractivity contribution is -0.231. The smallest absolute Gasteiger partial charge is 0.394 e. The Bertz CT molecular complexity index is 908. The van der Waals surface area contributed by atoms with Gasteiger partial charge in [-0.15, -0.1) is 0 Å². The number of hydrogen-bond donors (Lipinski definition) is 4. The molecule has 1 saturated heterocycles. The average Bonchev–Trinajstić information content (AvgIpc) is 3.57. The zero-order valence-electron chi connectivity index (χ0n) is 16.7. The summed E-state index contributed by atoms with van der Waals surface area (Å²) in [6, 6.07) is 10.6. The van der Waals surface area contributed by atoms with Crippen molar-refractivity contribution in [3.05, 3.63) is 70.3 Å². The van der Waals surface area contributed by atoms with Gasteiger partial charge in [-0.25, -0.2) is 0 Å². The summed E-state index contributed by atoms with van der Waals surface area (Å²) in [4.78, 5) is 0. The maximum absolute atomic E-state index is 12.8. The summed E-state index contributed by atoms with van der Waals surface area (Å²) >= 11 is 0. The zero-order chi connectivity index (χ0) is 22.3. The van der Waals surface area contributed by atoms with E-state index in [1.54, 1.807) is 6.07 Å². The van der Waals surface area contributed by atoms with Crippen LogP contribution < -0.4 is 0 Å². The van der Waals surface area contributed by atoms with Gasteiger partial charge in [0.2, 0.25) is 0 Å². The van der Waals surface area contributed by atoms with Gasteiger partial charge in [0.1, 0.15) is 30.5 Å². The van der Waals surface area contributed by atoms with Crippen molar-refractivity contribution >= 4 is 0 Å². The minimum atomic E-state index is -4.39. The van der Waals surface area contributed by atoms with Crippen LogP contribution in [0.25, 0.3) is 0 Å². The van der Waals surface area contributed by atoms with Crippen LogP contribution in [-0.2, 0) is 17.3 Å². The lowest BCUT2D eigenvalue weighted by atomic mass is 9.88. The maximum Gasteiger partial charge on any atom is 0.416 e. The molecule has 0 aromatic heterocycles. The highest BCUT2D eigenvalue weighted by Gasteiger charge is 2.44. The van der Waals surface area contributed by atoms with Crippen LogP contribution in [0.3, 0.4) is 0 Å². The van der Waals surface area contributed by atoms with E-state index in [-0.39, 0.29) is 0 Å². The van der Waals surface area contributed by atoms with Crippen molar-refractivity contribution in [3.8, 4) is 0 Å². The van der Waals surface area contributed by atoms with Gasteiger partial charge < -0.3 is 25.2 Å². The van der Waals surface area contributed by atoms with Crippen LogP contribution in [0.5, 0.6) is 0 Å². The fraction of sp³-hybridized carbons (Fsp3) is 0.478. The first-order chi connectivity index (χ1) is 14.7. The highest BCUT2D eigenvalue weighted by atomic mass is 19.4. The molecule has 2 aliphatic rings. The van der Waals surface area contributed by atoms with Crippen LogP contribution in [0.2, 0.25) is 0 Å². The van der Waals surface area contributed by atoms with Crippen molar-refractivity contribution in [2.75, 3.05) is 6.61 Å². The molecule has 0 radical (unpaired) electrons. The number of ether oxygens (including phenoxy) is 1. The van der Waals surface area contributed by atoms with Gasteiger partial charge in [0.15, 0.2) is 0 Å². The lowest BCUT2D eigenvalue weighted by Gasteiger charge is -2.40. The number of aliphatic hydroxyl groups excluding tert-OH is 4. The Hall–Kier alpha value is -1.97. The first-order valence-corrected chi connectivity index (χ1v) is 10.3. The summed E-state index contributed by atoms with van der Waals surface area (Å²) < 4.78 is 44.2. The molecule has 0 amide bonds. The molecule has 2 fully saturated rings. The van der Waals surface area contributed by atoms with Gasteiger partial charge in [-0.1, -0.05) is 30.3 Å². The van der Waals surface area contributed by atoms with E-state index in [9.17, 15) is 33.6 Å². The predicted molar refractivity (Wildman–Crippen MR) is 105 cm³/mol. The summed E-state index contributed by atoms with van der Waals surface area (Å²) in [5.74, 6) is 0.397. The van der Waals surface area contributed by atoms with Gasteiger partial charge in [0.05, 0.1) is 12.2 Å². The molecule has 31 heavy (non-hydrogen) atoms. The summed E-state index contributed by atoms with van der Waals surface area (Å²) in [6.07, 6.45) is -8.15. The van der Waals surface area contributed by atoms with Crippen molar-refractivity contribution in [1.82, 2.24) is 0 Å². The van der Waals surface area contributed by atoms with Gasteiger partial charge >= 0.3 is 6.18 Å². The van der Waals surface area contributed by atoms with Crippen LogP contribution in [0.1, 0.15) is 52.7 Å². The molecule has 4 N–H and O–H groups in total. The number of hydrogen-bond acceptors (Lipinski definition) is 5. The zero-order valence-corrected chi connectivity index (χ0v) is 16.7. The van der Waals surface area contributed by atoms with E-state index in [1.807, 2.05) is 12.1 Å². The Kier molecular flexibility index (Phi) is 6.11. The van der Waals surface area contributed by atoms with Crippen LogP contribution in [-0.4, -0.2) is 51.4 Å². The minimum Gasteiger partial charge on any atom is -0.394 e. The largest absolute Gasteiger partial charge is 0.416 e. The first kappa shape index (κ1) is 22.2. The Morgan fingerprint density at radius 1 is 0.903 bits per heavy atom. The third kappa shape index (κ3) is 4.63. The van der Waals surface area contributed by atoms with Crippen molar-refractivity contribution in [1.29, 1.82) is 0 Å². The Morgan fingerprint density at radius 2 is 1.58 bits per heavy atom. The Morgan fingerprint density at radius 3 is 2.16 bits per heavy atom. The maximum atomic E-state index is 12.8. The molecular formula is C23H25F3O5. The topological polar surface area (TPSA) is 90.2 Å². The highest BCUT2D eigenvalue weighted by Crippen LogP contribution is 2.43. The third-order valence-corrected chi connectivity index (χ3v) is 6.08. The molecule has 1 aliphatic heterocycles. The quantitative estimate of drug-likeness (QED) is 0.577.